The van der Waals surface area contributed by atoms with Gasteiger partial charge in [-0.05, 0) is 30.2 Å². The molecular weight excluding hydrogens is 446 g/mol. The van der Waals surface area contributed by atoms with Crippen LogP contribution in [-0.2, 0) is 19.0 Å². The lowest BCUT2D eigenvalue weighted by molar-refractivity contribution is 0.0322. The van der Waals surface area contributed by atoms with Gasteiger partial charge in [0.05, 0.1) is 40.3 Å². The van der Waals surface area contributed by atoms with Gasteiger partial charge in [0.15, 0.2) is 11.5 Å². The molecule has 33 heavy (non-hydrogen) atoms. The van der Waals surface area contributed by atoms with Crippen molar-refractivity contribution in [2.75, 3.05) is 66.5 Å². The van der Waals surface area contributed by atoms with E-state index < -0.39 is 10.1 Å². The number of morpholine rings is 1. The Kier molecular flexibility index (Phi) is 9.37. The number of hydrogen-bond acceptors (Lipinski definition) is 8. The maximum absolute atomic E-state index is 11.5. The van der Waals surface area contributed by atoms with Gasteiger partial charge in [0.2, 0.25) is 0 Å². The number of hydrogen-bond donors (Lipinski definition) is 0. The molecular formula is C24H33NO7S. The molecule has 3 rings (SSSR count). The lowest BCUT2D eigenvalue weighted by Crippen LogP contribution is -2.38. The summed E-state index contributed by atoms with van der Waals surface area (Å²) in [5, 5.41) is 0. The topological polar surface area (TPSA) is 83.5 Å². The first-order chi connectivity index (χ1) is 15.9. The first kappa shape index (κ1) is 25.3. The van der Waals surface area contributed by atoms with Crippen LogP contribution in [-0.4, -0.2) is 79.9 Å². The maximum atomic E-state index is 11.5. The molecule has 1 aliphatic rings. The van der Waals surface area contributed by atoms with E-state index in [0.29, 0.717) is 24.5 Å². The SMILES string of the molecule is COc1ccc(C(CCOS(C)(=O)=O)c2ccccc2OCCN2CCOCC2)cc1OC. The van der Waals surface area contributed by atoms with E-state index >= 15 is 0 Å². The molecule has 1 unspecified atom stereocenters. The molecule has 0 radical (unpaired) electrons. The van der Waals surface area contributed by atoms with Crippen molar-refractivity contribution in [1.82, 2.24) is 4.90 Å². The second-order valence-corrected chi connectivity index (χ2v) is 9.47. The molecule has 182 valence electrons. The van der Waals surface area contributed by atoms with E-state index in [1.807, 2.05) is 42.5 Å². The molecule has 1 heterocycles. The summed E-state index contributed by atoms with van der Waals surface area (Å²) < 4.78 is 50.6. The summed E-state index contributed by atoms with van der Waals surface area (Å²) in [4.78, 5) is 2.32. The molecule has 8 nitrogen and oxygen atoms in total. The highest BCUT2D eigenvalue weighted by atomic mass is 32.2. The Labute approximate surface area is 196 Å². The zero-order valence-corrected chi connectivity index (χ0v) is 20.3. The van der Waals surface area contributed by atoms with Crippen molar-refractivity contribution in [3.05, 3.63) is 53.6 Å². The zero-order chi connectivity index (χ0) is 23.7. The van der Waals surface area contributed by atoms with E-state index in [2.05, 4.69) is 4.90 Å². The molecule has 0 aromatic heterocycles. The monoisotopic (exact) mass is 479 g/mol. The summed E-state index contributed by atoms with van der Waals surface area (Å²) >= 11 is 0. The van der Waals surface area contributed by atoms with Gasteiger partial charge in [-0.15, -0.1) is 0 Å². The van der Waals surface area contributed by atoms with Gasteiger partial charge in [0.25, 0.3) is 10.1 Å². The van der Waals surface area contributed by atoms with Crippen LogP contribution in [0.25, 0.3) is 0 Å². The molecule has 0 N–H and O–H groups in total. The summed E-state index contributed by atoms with van der Waals surface area (Å²) in [5.74, 6) is 1.84. The molecule has 2 aromatic carbocycles. The van der Waals surface area contributed by atoms with Crippen molar-refractivity contribution < 1.29 is 31.5 Å². The Hall–Kier alpha value is -2.33. The van der Waals surface area contributed by atoms with Gasteiger partial charge in [0, 0.05) is 31.1 Å². The number of methoxy groups -OCH3 is 2. The Bertz CT molecular complexity index is 990. The molecule has 2 aromatic rings. The molecule has 1 saturated heterocycles. The Morgan fingerprint density at radius 3 is 2.39 bits per heavy atom. The predicted octanol–water partition coefficient (Wildman–Crippen LogP) is 2.91. The van der Waals surface area contributed by atoms with Gasteiger partial charge < -0.3 is 18.9 Å². The molecule has 0 aliphatic carbocycles. The molecule has 0 bridgehead atoms. The van der Waals surface area contributed by atoms with Crippen LogP contribution in [0.1, 0.15) is 23.5 Å². The average Bonchev–Trinajstić information content (AvgIpc) is 2.82. The van der Waals surface area contributed by atoms with Gasteiger partial charge >= 0.3 is 0 Å². The molecule has 0 spiro atoms. The second kappa shape index (κ2) is 12.2. The van der Waals surface area contributed by atoms with E-state index in [1.54, 1.807) is 14.2 Å². The molecule has 1 atom stereocenters. The second-order valence-electron chi connectivity index (χ2n) is 7.82. The summed E-state index contributed by atoms with van der Waals surface area (Å²) in [5.41, 5.74) is 1.91. The fourth-order valence-corrected chi connectivity index (χ4v) is 4.30. The summed E-state index contributed by atoms with van der Waals surface area (Å²) in [6.07, 6.45) is 1.51. The van der Waals surface area contributed by atoms with Crippen LogP contribution in [0.5, 0.6) is 17.2 Å². The highest BCUT2D eigenvalue weighted by molar-refractivity contribution is 7.85. The lowest BCUT2D eigenvalue weighted by Gasteiger charge is -2.27. The minimum absolute atomic E-state index is 0.0555. The number of nitrogens with zero attached hydrogens (tertiary/aromatic N) is 1. The van der Waals surface area contributed by atoms with Crippen LogP contribution in [0, 0.1) is 0 Å². The van der Waals surface area contributed by atoms with Crippen molar-refractivity contribution in [1.29, 1.82) is 0 Å². The fraction of sp³-hybridized carbons (Fsp3) is 0.500. The fourth-order valence-electron chi connectivity index (χ4n) is 3.90. The van der Waals surface area contributed by atoms with Crippen molar-refractivity contribution in [3.63, 3.8) is 0 Å². The van der Waals surface area contributed by atoms with Crippen LogP contribution < -0.4 is 14.2 Å². The third-order valence-electron chi connectivity index (χ3n) is 5.58. The van der Waals surface area contributed by atoms with E-state index in [1.165, 1.54) is 0 Å². The molecule has 1 aliphatic heterocycles. The molecule has 0 amide bonds. The van der Waals surface area contributed by atoms with E-state index in [4.69, 9.17) is 23.1 Å². The van der Waals surface area contributed by atoms with Crippen LogP contribution in [0.2, 0.25) is 0 Å². The number of para-hydroxylation sites is 1. The number of rotatable bonds is 12. The Balaban J connectivity index is 1.83. The van der Waals surface area contributed by atoms with Gasteiger partial charge in [0.1, 0.15) is 12.4 Å². The highest BCUT2D eigenvalue weighted by Gasteiger charge is 2.21. The average molecular weight is 480 g/mol. The van der Waals surface area contributed by atoms with E-state index in [9.17, 15) is 8.42 Å². The largest absolute Gasteiger partial charge is 0.493 e. The van der Waals surface area contributed by atoms with Crippen LogP contribution in [0.15, 0.2) is 42.5 Å². The molecule has 9 heteroatoms. The molecule has 1 fully saturated rings. The Morgan fingerprint density at radius 2 is 1.70 bits per heavy atom. The van der Waals surface area contributed by atoms with Crippen molar-refractivity contribution >= 4 is 10.1 Å². The summed E-state index contributed by atoms with van der Waals surface area (Å²) in [6.45, 7) is 4.73. The minimum atomic E-state index is -3.54. The quantitative estimate of drug-likeness (QED) is 0.430. The molecule has 0 saturated carbocycles. The minimum Gasteiger partial charge on any atom is -0.493 e. The van der Waals surface area contributed by atoms with Crippen molar-refractivity contribution in [2.45, 2.75) is 12.3 Å². The zero-order valence-electron chi connectivity index (χ0n) is 19.5. The normalized spacial score (nSPS) is 15.7. The first-order valence-electron chi connectivity index (χ1n) is 11.0. The van der Waals surface area contributed by atoms with E-state index in [0.717, 1.165) is 56.0 Å². The van der Waals surface area contributed by atoms with Crippen LogP contribution in [0.4, 0.5) is 0 Å². The lowest BCUT2D eigenvalue weighted by atomic mass is 9.88. The third-order valence-corrected chi connectivity index (χ3v) is 6.17. The standard InChI is InChI=1S/C24H33NO7S/c1-28-23-9-8-19(18-24(23)29-2)20(10-14-32-33(3,26)27)21-6-4-5-7-22(21)31-17-13-25-11-15-30-16-12-25/h4-9,18,20H,10-17H2,1-3H3. The van der Waals surface area contributed by atoms with Gasteiger partial charge in [-0.2, -0.15) is 8.42 Å². The highest BCUT2D eigenvalue weighted by Crippen LogP contribution is 2.38. The van der Waals surface area contributed by atoms with Crippen molar-refractivity contribution in [3.8, 4) is 17.2 Å². The van der Waals surface area contributed by atoms with Crippen molar-refractivity contribution in [2.24, 2.45) is 0 Å². The van der Waals surface area contributed by atoms with Gasteiger partial charge in [-0.25, -0.2) is 0 Å². The Morgan fingerprint density at radius 1 is 0.970 bits per heavy atom. The maximum Gasteiger partial charge on any atom is 0.264 e. The third kappa shape index (κ3) is 7.60. The van der Waals surface area contributed by atoms with E-state index in [-0.39, 0.29) is 12.5 Å². The van der Waals surface area contributed by atoms with Gasteiger partial charge in [-0.1, -0.05) is 24.3 Å². The van der Waals surface area contributed by atoms with Crippen LogP contribution in [0.3, 0.4) is 0 Å². The first-order valence-corrected chi connectivity index (χ1v) is 12.8. The number of ether oxygens (including phenoxy) is 4. The van der Waals surface area contributed by atoms with Crippen LogP contribution >= 0.6 is 0 Å². The summed E-state index contributed by atoms with van der Waals surface area (Å²) in [6, 6.07) is 13.6. The predicted molar refractivity (Wildman–Crippen MR) is 126 cm³/mol. The number of benzene rings is 2. The smallest absolute Gasteiger partial charge is 0.264 e. The summed E-state index contributed by atoms with van der Waals surface area (Å²) in [7, 11) is -0.357. The van der Waals surface area contributed by atoms with Gasteiger partial charge in [-0.3, -0.25) is 9.08 Å².